The molecule has 0 heterocycles. The third kappa shape index (κ3) is 7.32. The van der Waals surface area contributed by atoms with E-state index in [4.69, 9.17) is 0 Å². The number of aryl methyl sites for hydroxylation is 1. The third-order valence-corrected chi connectivity index (χ3v) is 13.1. The summed E-state index contributed by atoms with van der Waals surface area (Å²) in [6, 6.07) is 17.0. The van der Waals surface area contributed by atoms with Gasteiger partial charge in [-0.15, -0.1) is 0 Å². The van der Waals surface area contributed by atoms with Gasteiger partial charge in [0.05, 0.1) is 0 Å². The second kappa shape index (κ2) is 14.6. The van der Waals surface area contributed by atoms with Gasteiger partial charge in [0.1, 0.15) is 0 Å². The molecule has 3 aliphatic carbocycles. The van der Waals surface area contributed by atoms with Crippen molar-refractivity contribution >= 4 is 0 Å². The van der Waals surface area contributed by atoms with Gasteiger partial charge in [0.15, 0.2) is 0 Å². The van der Waals surface area contributed by atoms with E-state index < -0.39 is 0 Å². The number of benzene rings is 2. The molecular formula is C44H64. The first kappa shape index (κ1) is 33.3. The van der Waals surface area contributed by atoms with Gasteiger partial charge in [-0.2, -0.15) is 0 Å². The van der Waals surface area contributed by atoms with Gasteiger partial charge >= 0.3 is 0 Å². The van der Waals surface area contributed by atoms with Crippen molar-refractivity contribution in [1.82, 2.24) is 0 Å². The van der Waals surface area contributed by atoms with Gasteiger partial charge in [-0.05, 0) is 151 Å². The van der Waals surface area contributed by atoms with Crippen molar-refractivity contribution in [2.45, 2.75) is 144 Å². The first-order chi connectivity index (χ1) is 21.1. The smallest absolute Gasteiger partial charge is 0.00234 e. The van der Waals surface area contributed by atoms with Gasteiger partial charge in [-0.25, -0.2) is 0 Å². The SMILES string of the molecule is CCc1cc(C2CCC(C3CCC(C)CC3)CC2)ccc1CC1C=C(Cc2ccccc2C(C)(C(C)C)C(C)C)C(C)=CC1. The zero-order valence-corrected chi connectivity index (χ0v) is 29.7. The van der Waals surface area contributed by atoms with Crippen molar-refractivity contribution in [2.24, 2.45) is 35.5 Å². The number of allylic oxidation sites excluding steroid dienone is 4. The van der Waals surface area contributed by atoms with E-state index in [0.29, 0.717) is 17.8 Å². The molecule has 1 unspecified atom stereocenters. The maximum absolute atomic E-state index is 2.65. The molecule has 0 heteroatoms. The first-order valence-electron chi connectivity index (χ1n) is 18.7. The fourth-order valence-corrected chi connectivity index (χ4v) is 9.37. The first-order valence-corrected chi connectivity index (χ1v) is 18.7. The lowest BCUT2D eigenvalue weighted by molar-refractivity contribution is 0.165. The topological polar surface area (TPSA) is 0 Å². The minimum absolute atomic E-state index is 0.175. The number of hydrogen-bond acceptors (Lipinski definition) is 0. The highest BCUT2D eigenvalue weighted by Gasteiger charge is 2.36. The van der Waals surface area contributed by atoms with Crippen LogP contribution in [0.5, 0.6) is 0 Å². The summed E-state index contributed by atoms with van der Waals surface area (Å²) in [5.41, 5.74) is 11.1. The highest BCUT2D eigenvalue weighted by atomic mass is 14.4. The van der Waals surface area contributed by atoms with E-state index in [2.05, 4.69) is 110 Å². The molecule has 0 amide bonds. The molecule has 240 valence electrons. The van der Waals surface area contributed by atoms with Gasteiger partial charge in [-0.3, -0.25) is 0 Å². The Kier molecular flexibility index (Phi) is 11.0. The molecule has 2 saturated carbocycles. The summed E-state index contributed by atoms with van der Waals surface area (Å²) < 4.78 is 0. The molecule has 5 rings (SSSR count). The maximum atomic E-state index is 2.65. The summed E-state index contributed by atoms with van der Waals surface area (Å²) in [6.07, 6.45) is 21.4. The van der Waals surface area contributed by atoms with E-state index in [1.165, 1.54) is 75.3 Å². The molecule has 0 bridgehead atoms. The quantitative estimate of drug-likeness (QED) is 0.257. The predicted octanol–water partition coefficient (Wildman–Crippen LogP) is 12.6. The highest BCUT2D eigenvalue weighted by Crippen LogP contribution is 2.45. The standard InChI is InChI=1S/C44H64/c1-9-35-28-40(38-22-20-37(21-23-38)36-18-14-32(6)15-19-36)25-24-39(35)26-34-17-16-33(7)42(27-34)29-41-12-10-11-13-43(41)44(8,30(2)3)31(4)5/h10-13,16,24-25,27-28,30-32,34,36-38H,9,14-15,17-23,26,29H2,1-8H3. The predicted molar refractivity (Wildman–Crippen MR) is 192 cm³/mol. The van der Waals surface area contributed by atoms with Crippen molar-refractivity contribution < 1.29 is 0 Å². The Hall–Kier alpha value is -2.08. The van der Waals surface area contributed by atoms with Crippen LogP contribution in [0.3, 0.4) is 0 Å². The Morgan fingerprint density at radius 2 is 1.41 bits per heavy atom. The molecule has 44 heavy (non-hydrogen) atoms. The van der Waals surface area contributed by atoms with Crippen LogP contribution >= 0.6 is 0 Å². The molecule has 2 aromatic carbocycles. The molecular weight excluding hydrogens is 528 g/mol. The molecule has 0 spiro atoms. The molecule has 1 atom stereocenters. The van der Waals surface area contributed by atoms with Crippen LogP contribution in [0.2, 0.25) is 0 Å². The summed E-state index contributed by atoms with van der Waals surface area (Å²) in [4.78, 5) is 0. The van der Waals surface area contributed by atoms with Gasteiger partial charge in [0, 0.05) is 0 Å². The fourth-order valence-electron chi connectivity index (χ4n) is 9.37. The van der Waals surface area contributed by atoms with Crippen molar-refractivity contribution in [3.05, 3.63) is 93.6 Å². The van der Waals surface area contributed by atoms with Crippen molar-refractivity contribution in [3.8, 4) is 0 Å². The van der Waals surface area contributed by atoms with Crippen LogP contribution in [0, 0.1) is 35.5 Å². The lowest BCUT2D eigenvalue weighted by atomic mass is 9.64. The summed E-state index contributed by atoms with van der Waals surface area (Å²) >= 11 is 0. The monoisotopic (exact) mass is 593 g/mol. The highest BCUT2D eigenvalue weighted by molar-refractivity contribution is 5.44. The van der Waals surface area contributed by atoms with E-state index in [1.54, 1.807) is 27.8 Å². The van der Waals surface area contributed by atoms with E-state index in [-0.39, 0.29) is 5.41 Å². The lowest BCUT2D eigenvalue weighted by Crippen LogP contribution is -2.35. The summed E-state index contributed by atoms with van der Waals surface area (Å²) in [7, 11) is 0. The largest absolute Gasteiger partial charge is 0.0807 e. The Morgan fingerprint density at radius 1 is 0.773 bits per heavy atom. The van der Waals surface area contributed by atoms with Crippen LogP contribution < -0.4 is 0 Å². The Labute approximate surface area is 272 Å². The van der Waals surface area contributed by atoms with Crippen LogP contribution in [0.15, 0.2) is 65.8 Å². The van der Waals surface area contributed by atoms with E-state index in [1.807, 2.05) is 0 Å². The van der Waals surface area contributed by atoms with Gasteiger partial charge in [0.25, 0.3) is 0 Å². The molecule has 0 radical (unpaired) electrons. The third-order valence-electron chi connectivity index (χ3n) is 13.1. The van der Waals surface area contributed by atoms with Gasteiger partial charge in [0.2, 0.25) is 0 Å². The van der Waals surface area contributed by atoms with Crippen LogP contribution in [0.25, 0.3) is 0 Å². The average molecular weight is 593 g/mol. The second-order valence-electron chi connectivity index (χ2n) is 16.2. The van der Waals surface area contributed by atoms with E-state index >= 15 is 0 Å². The Bertz CT molecular complexity index is 1280. The van der Waals surface area contributed by atoms with Gasteiger partial charge < -0.3 is 0 Å². The normalized spacial score (nSPS) is 26.5. The van der Waals surface area contributed by atoms with Crippen molar-refractivity contribution in [3.63, 3.8) is 0 Å². The van der Waals surface area contributed by atoms with Crippen LogP contribution in [0.1, 0.15) is 147 Å². The summed E-state index contributed by atoms with van der Waals surface area (Å²) in [5.74, 6) is 5.56. The minimum Gasteiger partial charge on any atom is -0.0807 e. The zero-order valence-electron chi connectivity index (χ0n) is 29.7. The van der Waals surface area contributed by atoms with Crippen molar-refractivity contribution in [2.75, 3.05) is 0 Å². The second-order valence-corrected chi connectivity index (χ2v) is 16.2. The molecule has 0 saturated heterocycles. The average Bonchev–Trinajstić information content (AvgIpc) is 3.03. The Morgan fingerprint density at radius 3 is 2.05 bits per heavy atom. The Balaban J connectivity index is 1.27. The molecule has 0 aromatic heterocycles. The lowest BCUT2D eigenvalue weighted by Gasteiger charge is -2.40. The maximum Gasteiger partial charge on any atom is -0.00234 e. The molecule has 2 aromatic rings. The van der Waals surface area contributed by atoms with Crippen LogP contribution in [-0.2, 0) is 24.7 Å². The van der Waals surface area contributed by atoms with E-state index in [9.17, 15) is 0 Å². The molecule has 2 fully saturated rings. The number of rotatable bonds is 10. The molecule has 0 N–H and O–H groups in total. The van der Waals surface area contributed by atoms with Crippen LogP contribution in [0.4, 0.5) is 0 Å². The molecule has 0 nitrogen and oxygen atoms in total. The van der Waals surface area contributed by atoms with E-state index in [0.717, 1.165) is 36.5 Å². The fraction of sp³-hybridized carbons (Fsp3) is 0.636. The van der Waals surface area contributed by atoms with Crippen LogP contribution in [-0.4, -0.2) is 0 Å². The minimum atomic E-state index is 0.175. The number of hydrogen-bond donors (Lipinski definition) is 0. The summed E-state index contributed by atoms with van der Waals surface area (Å²) in [5, 5.41) is 0. The zero-order chi connectivity index (χ0) is 31.4. The van der Waals surface area contributed by atoms with Gasteiger partial charge in [-0.1, -0.05) is 121 Å². The molecule has 0 aliphatic heterocycles. The summed E-state index contributed by atoms with van der Waals surface area (Å²) in [6.45, 7) is 19.3. The molecule has 3 aliphatic rings. The van der Waals surface area contributed by atoms with Crippen molar-refractivity contribution in [1.29, 1.82) is 0 Å².